The van der Waals surface area contributed by atoms with Gasteiger partial charge in [-0.15, -0.1) is 11.3 Å². The van der Waals surface area contributed by atoms with Gasteiger partial charge >= 0.3 is 0 Å². The Kier molecular flexibility index (Phi) is 6.28. The number of thiophene rings is 1. The molecule has 4 rings (SSSR count). The summed E-state index contributed by atoms with van der Waals surface area (Å²) < 4.78 is 5.89. The van der Waals surface area contributed by atoms with E-state index in [1.54, 1.807) is 11.3 Å². The van der Waals surface area contributed by atoms with E-state index in [2.05, 4.69) is 33.2 Å². The van der Waals surface area contributed by atoms with Gasteiger partial charge in [0.25, 0.3) is 0 Å². The summed E-state index contributed by atoms with van der Waals surface area (Å²) in [7, 11) is 0. The van der Waals surface area contributed by atoms with Gasteiger partial charge in [0.2, 0.25) is 11.8 Å². The fourth-order valence-corrected chi connectivity index (χ4v) is 4.48. The average molecular weight is 423 g/mol. The summed E-state index contributed by atoms with van der Waals surface area (Å²) in [5, 5.41) is 2.09. The number of amides is 1. The second-order valence-corrected chi connectivity index (χ2v) is 8.42. The summed E-state index contributed by atoms with van der Waals surface area (Å²) in [6, 6.07) is 13.6. The van der Waals surface area contributed by atoms with Crippen molar-refractivity contribution in [1.82, 2.24) is 14.9 Å². The molecular weight excluding hydrogens is 396 g/mol. The van der Waals surface area contributed by atoms with Crippen molar-refractivity contribution in [2.75, 3.05) is 31.1 Å². The molecule has 0 radical (unpaired) electrons. The number of nitrogens with zero attached hydrogens (tertiary/aromatic N) is 4. The van der Waals surface area contributed by atoms with E-state index in [1.165, 1.54) is 10.4 Å². The molecule has 1 amide bonds. The van der Waals surface area contributed by atoms with Gasteiger partial charge in [-0.2, -0.15) is 4.98 Å². The molecule has 0 aliphatic carbocycles. The predicted octanol–water partition coefficient (Wildman–Crippen LogP) is 4.23. The van der Waals surface area contributed by atoms with Crippen LogP contribution in [0, 0.1) is 13.8 Å². The van der Waals surface area contributed by atoms with E-state index in [4.69, 9.17) is 4.74 Å². The molecule has 0 spiro atoms. The van der Waals surface area contributed by atoms with Gasteiger partial charge in [-0.1, -0.05) is 18.2 Å². The van der Waals surface area contributed by atoms with Crippen molar-refractivity contribution in [3.63, 3.8) is 0 Å². The minimum Gasteiger partial charge on any atom is -0.439 e. The Morgan fingerprint density at radius 2 is 1.83 bits per heavy atom. The molecule has 0 unspecified atom stereocenters. The summed E-state index contributed by atoms with van der Waals surface area (Å²) in [4.78, 5) is 27.1. The van der Waals surface area contributed by atoms with Crippen molar-refractivity contribution in [1.29, 1.82) is 0 Å². The molecule has 30 heavy (non-hydrogen) atoms. The zero-order valence-electron chi connectivity index (χ0n) is 17.4. The third-order valence-corrected chi connectivity index (χ3v) is 6.34. The Balaban J connectivity index is 1.34. The minimum atomic E-state index is 0.231. The lowest BCUT2D eigenvalue weighted by atomic mass is 10.2. The predicted molar refractivity (Wildman–Crippen MR) is 119 cm³/mol. The summed E-state index contributed by atoms with van der Waals surface area (Å²) in [6.45, 7) is 6.90. The molecule has 7 heteroatoms. The number of hydrogen-bond donors (Lipinski definition) is 0. The highest BCUT2D eigenvalue weighted by atomic mass is 32.1. The number of aryl methyl sites for hydroxylation is 3. The maximum absolute atomic E-state index is 12.6. The smallest absolute Gasteiger partial charge is 0.224 e. The van der Waals surface area contributed by atoms with E-state index in [9.17, 15) is 4.79 Å². The van der Waals surface area contributed by atoms with Gasteiger partial charge < -0.3 is 14.5 Å². The van der Waals surface area contributed by atoms with Crippen LogP contribution in [0.15, 0.2) is 47.8 Å². The number of piperazine rings is 1. The molecule has 156 valence electrons. The number of aromatic nitrogens is 2. The van der Waals surface area contributed by atoms with Crippen molar-refractivity contribution in [3.8, 4) is 11.6 Å². The number of rotatable bonds is 6. The molecule has 3 heterocycles. The fraction of sp³-hybridized carbons (Fsp3) is 0.348. The van der Waals surface area contributed by atoms with Crippen LogP contribution in [0.5, 0.6) is 11.6 Å². The summed E-state index contributed by atoms with van der Waals surface area (Å²) in [6.07, 6.45) is 1.40. The molecule has 1 aliphatic heterocycles. The van der Waals surface area contributed by atoms with Crippen LogP contribution in [0.1, 0.15) is 22.7 Å². The highest BCUT2D eigenvalue weighted by Gasteiger charge is 2.22. The molecule has 3 aromatic rings. The first kappa shape index (κ1) is 20.3. The van der Waals surface area contributed by atoms with Gasteiger partial charge in [0.15, 0.2) is 0 Å². The lowest BCUT2D eigenvalue weighted by Gasteiger charge is -2.35. The molecule has 6 nitrogen and oxygen atoms in total. The molecule has 1 aromatic carbocycles. The van der Waals surface area contributed by atoms with Crippen LogP contribution in [0.4, 0.5) is 5.82 Å². The van der Waals surface area contributed by atoms with E-state index in [1.807, 2.05) is 48.2 Å². The van der Waals surface area contributed by atoms with Crippen LogP contribution in [0.3, 0.4) is 0 Å². The van der Waals surface area contributed by atoms with E-state index >= 15 is 0 Å². The van der Waals surface area contributed by atoms with E-state index in [0.717, 1.165) is 31.1 Å². The first-order valence-corrected chi connectivity index (χ1v) is 11.1. The maximum atomic E-state index is 12.6. The monoisotopic (exact) mass is 422 g/mol. The molecular formula is C23H26N4O2S. The summed E-state index contributed by atoms with van der Waals surface area (Å²) >= 11 is 1.73. The number of para-hydroxylation sites is 1. The van der Waals surface area contributed by atoms with Crippen LogP contribution >= 0.6 is 11.3 Å². The zero-order chi connectivity index (χ0) is 20.9. The first-order valence-electron chi connectivity index (χ1n) is 10.2. The Morgan fingerprint density at radius 3 is 2.53 bits per heavy atom. The van der Waals surface area contributed by atoms with E-state index < -0.39 is 0 Å². The summed E-state index contributed by atoms with van der Waals surface area (Å²) in [5.41, 5.74) is 1.28. The average Bonchev–Trinajstić information content (AvgIpc) is 3.17. The Bertz CT molecular complexity index is 997. The first-order chi connectivity index (χ1) is 14.6. The van der Waals surface area contributed by atoms with Crippen LogP contribution in [-0.4, -0.2) is 47.0 Å². The van der Waals surface area contributed by atoms with Crippen LogP contribution < -0.4 is 9.64 Å². The van der Waals surface area contributed by atoms with Crippen molar-refractivity contribution in [3.05, 3.63) is 64.1 Å². The molecule has 1 saturated heterocycles. The third-order valence-electron chi connectivity index (χ3n) is 5.26. The van der Waals surface area contributed by atoms with Gasteiger partial charge in [-0.3, -0.25) is 4.79 Å². The normalized spacial score (nSPS) is 14.1. The van der Waals surface area contributed by atoms with Crippen molar-refractivity contribution in [2.45, 2.75) is 26.7 Å². The molecule has 0 N–H and O–H groups in total. The number of ether oxygens (including phenoxy) is 1. The molecule has 1 aliphatic rings. The largest absolute Gasteiger partial charge is 0.439 e. The zero-order valence-corrected chi connectivity index (χ0v) is 18.2. The summed E-state index contributed by atoms with van der Waals surface area (Å²) in [5.74, 6) is 3.03. The lowest BCUT2D eigenvalue weighted by molar-refractivity contribution is -0.131. The minimum absolute atomic E-state index is 0.231. The molecule has 0 saturated carbocycles. The highest BCUT2D eigenvalue weighted by molar-refractivity contribution is 7.10. The standard InChI is InChI=1S/C23H26N4O2S/c1-17-10-15-30-20(17)8-9-23(28)27-13-11-26(12-14-27)21-16-22(25-18(2)24-21)29-19-6-4-3-5-7-19/h3-7,10,15-16H,8-9,11-14H2,1-2H3. The third kappa shape index (κ3) is 4.97. The van der Waals surface area contributed by atoms with Crippen molar-refractivity contribution in [2.24, 2.45) is 0 Å². The molecule has 2 aromatic heterocycles. The number of anilines is 1. The molecule has 1 fully saturated rings. The number of carbonyl (C=O) groups is 1. The molecule has 0 atom stereocenters. The Hall–Kier alpha value is -2.93. The second-order valence-electron chi connectivity index (χ2n) is 7.42. The maximum Gasteiger partial charge on any atom is 0.224 e. The SMILES string of the molecule is Cc1nc(Oc2ccccc2)cc(N2CCN(C(=O)CCc3sccc3C)CC2)n1. The highest BCUT2D eigenvalue weighted by Crippen LogP contribution is 2.24. The van der Waals surface area contributed by atoms with Crippen molar-refractivity contribution < 1.29 is 9.53 Å². The topological polar surface area (TPSA) is 58.6 Å². The van der Waals surface area contributed by atoms with Crippen LogP contribution in [-0.2, 0) is 11.2 Å². The number of benzene rings is 1. The van der Waals surface area contributed by atoms with Gasteiger partial charge in [-0.25, -0.2) is 4.98 Å². The second kappa shape index (κ2) is 9.26. The number of carbonyl (C=O) groups excluding carboxylic acids is 1. The van der Waals surface area contributed by atoms with Crippen LogP contribution in [0.2, 0.25) is 0 Å². The van der Waals surface area contributed by atoms with Gasteiger partial charge in [0, 0.05) is 43.5 Å². The quantitative estimate of drug-likeness (QED) is 0.595. The lowest BCUT2D eigenvalue weighted by Crippen LogP contribution is -2.49. The van der Waals surface area contributed by atoms with E-state index in [0.29, 0.717) is 31.2 Å². The van der Waals surface area contributed by atoms with Gasteiger partial charge in [-0.05, 0) is 49.4 Å². The van der Waals surface area contributed by atoms with E-state index in [-0.39, 0.29) is 5.91 Å². The Morgan fingerprint density at radius 1 is 1.07 bits per heavy atom. The van der Waals surface area contributed by atoms with Gasteiger partial charge in [0.1, 0.15) is 17.4 Å². The van der Waals surface area contributed by atoms with Crippen molar-refractivity contribution >= 4 is 23.1 Å². The Labute approximate surface area is 181 Å². The van der Waals surface area contributed by atoms with Gasteiger partial charge in [0.05, 0.1) is 0 Å². The number of hydrogen-bond acceptors (Lipinski definition) is 6. The van der Waals surface area contributed by atoms with Crippen LogP contribution in [0.25, 0.3) is 0 Å². The molecule has 0 bridgehead atoms. The fourth-order valence-electron chi connectivity index (χ4n) is 3.57.